The smallest absolute Gasteiger partial charge is 0.335 e. The van der Waals surface area contributed by atoms with Gasteiger partial charge in [0.25, 0.3) is 0 Å². The molecular weight excluding hydrogens is 457 g/mol. The van der Waals surface area contributed by atoms with Crippen LogP contribution in [0.3, 0.4) is 0 Å². The van der Waals surface area contributed by atoms with Crippen LogP contribution in [0.4, 0.5) is 0 Å². The van der Waals surface area contributed by atoms with E-state index in [2.05, 4.69) is 0 Å². The van der Waals surface area contributed by atoms with Gasteiger partial charge >= 0.3 is 5.97 Å². The molecular formula is C23H19Cl2NO6. The van der Waals surface area contributed by atoms with E-state index in [1.807, 2.05) is 42.7 Å². The summed E-state index contributed by atoms with van der Waals surface area (Å²) in [5.41, 5.74) is 3.20. The highest BCUT2D eigenvalue weighted by atomic mass is 35.5. The monoisotopic (exact) mass is 475 g/mol. The first-order valence-electron chi connectivity index (χ1n) is 9.68. The van der Waals surface area contributed by atoms with Crippen molar-refractivity contribution < 1.29 is 28.9 Å². The molecule has 1 N–H and O–H groups in total. The van der Waals surface area contributed by atoms with E-state index in [4.69, 9.17) is 42.5 Å². The number of Topliss-reactive ketones (excluding diaryl/α,β-unsaturated/α-hetero) is 1. The first-order valence-corrected chi connectivity index (χ1v) is 10.4. The molecule has 0 spiro atoms. The summed E-state index contributed by atoms with van der Waals surface area (Å²) in [6.45, 7) is 4.29. The van der Waals surface area contributed by atoms with Crippen LogP contribution < -0.4 is 14.2 Å². The lowest BCUT2D eigenvalue weighted by atomic mass is 10.1. The molecule has 7 nitrogen and oxygen atoms in total. The lowest BCUT2D eigenvalue weighted by molar-refractivity contribution is 0.0696. The average Bonchev–Trinajstić information content (AvgIpc) is 3.32. The molecule has 9 heteroatoms. The quantitative estimate of drug-likeness (QED) is 0.475. The van der Waals surface area contributed by atoms with Crippen LogP contribution in [0, 0.1) is 13.8 Å². The number of rotatable bonds is 7. The van der Waals surface area contributed by atoms with E-state index in [1.54, 1.807) is 0 Å². The maximum Gasteiger partial charge on any atom is 0.335 e. The zero-order valence-electron chi connectivity index (χ0n) is 17.3. The highest BCUT2D eigenvalue weighted by molar-refractivity contribution is 6.37. The van der Waals surface area contributed by atoms with Crippen LogP contribution in [0.25, 0.3) is 0 Å². The van der Waals surface area contributed by atoms with E-state index < -0.39 is 5.97 Å². The fraction of sp³-hybridized carbons (Fsp3) is 0.217. The fourth-order valence-corrected chi connectivity index (χ4v) is 4.18. The Labute approximate surface area is 194 Å². The molecule has 1 aliphatic heterocycles. The van der Waals surface area contributed by atoms with Gasteiger partial charge in [0.05, 0.1) is 15.6 Å². The standard InChI is InChI=1S/C23H19Cl2NO6/c1-12-5-16(13(2)26(12)9-14-3-4-20-21(6-14)32-11-31-20)19(27)10-30-22-17(24)7-15(23(28)29)8-18(22)25/h3-8H,9-11H2,1-2H3,(H,28,29). The number of aromatic nitrogens is 1. The van der Waals surface area contributed by atoms with Gasteiger partial charge in [0.1, 0.15) is 0 Å². The van der Waals surface area contributed by atoms with Gasteiger partial charge in [-0.2, -0.15) is 0 Å². The van der Waals surface area contributed by atoms with Gasteiger partial charge in [-0.1, -0.05) is 29.3 Å². The Bertz CT molecular complexity index is 1210. The number of aromatic carboxylic acids is 1. The summed E-state index contributed by atoms with van der Waals surface area (Å²) >= 11 is 12.2. The van der Waals surface area contributed by atoms with Crippen molar-refractivity contribution >= 4 is 35.0 Å². The van der Waals surface area contributed by atoms with Crippen molar-refractivity contribution in [2.24, 2.45) is 0 Å². The number of carbonyl (C=O) groups excluding carboxylic acids is 1. The summed E-state index contributed by atoms with van der Waals surface area (Å²) in [4.78, 5) is 24.0. The van der Waals surface area contributed by atoms with Crippen molar-refractivity contribution in [3.05, 3.63) is 74.5 Å². The van der Waals surface area contributed by atoms with Gasteiger partial charge in [-0.15, -0.1) is 0 Å². The summed E-state index contributed by atoms with van der Waals surface area (Å²) in [6.07, 6.45) is 0. The Hall–Kier alpha value is -3.16. The van der Waals surface area contributed by atoms with Crippen molar-refractivity contribution in [1.29, 1.82) is 0 Å². The van der Waals surface area contributed by atoms with Crippen LogP contribution in [0.1, 0.15) is 37.7 Å². The largest absolute Gasteiger partial charge is 0.482 e. The minimum Gasteiger partial charge on any atom is -0.482 e. The molecule has 0 atom stereocenters. The van der Waals surface area contributed by atoms with Crippen LogP contribution in [-0.4, -0.2) is 34.8 Å². The van der Waals surface area contributed by atoms with Crippen LogP contribution in [0.2, 0.25) is 10.0 Å². The summed E-state index contributed by atoms with van der Waals surface area (Å²) in [5.74, 6) is 0.0884. The number of carboxylic acid groups (broad SMARTS) is 1. The minimum atomic E-state index is -1.16. The zero-order chi connectivity index (χ0) is 23.0. The van der Waals surface area contributed by atoms with E-state index in [0.717, 1.165) is 22.7 Å². The predicted octanol–water partition coefficient (Wildman–Crippen LogP) is 5.15. The number of nitrogens with zero attached hydrogens (tertiary/aromatic N) is 1. The summed E-state index contributed by atoms with van der Waals surface area (Å²) in [6, 6.07) is 10.0. The molecule has 3 aromatic rings. The summed E-state index contributed by atoms with van der Waals surface area (Å²) in [7, 11) is 0. The molecule has 1 aromatic heterocycles. The van der Waals surface area contributed by atoms with Crippen LogP contribution >= 0.6 is 23.2 Å². The maximum atomic E-state index is 12.9. The van der Waals surface area contributed by atoms with Crippen molar-refractivity contribution in [3.63, 3.8) is 0 Å². The molecule has 0 unspecified atom stereocenters. The molecule has 0 aliphatic carbocycles. The number of aryl methyl sites for hydroxylation is 1. The number of halogens is 2. The third-order valence-corrected chi connectivity index (χ3v) is 5.81. The SMILES string of the molecule is Cc1cc(C(=O)COc2c(Cl)cc(C(=O)O)cc2Cl)c(C)n1Cc1ccc2c(c1)OCO2. The third-order valence-electron chi connectivity index (χ3n) is 5.24. The number of benzene rings is 2. The highest BCUT2D eigenvalue weighted by Gasteiger charge is 2.20. The molecule has 0 radical (unpaired) electrons. The second kappa shape index (κ2) is 8.76. The normalized spacial score (nSPS) is 12.1. The topological polar surface area (TPSA) is 87.0 Å². The van der Waals surface area contributed by atoms with E-state index in [1.165, 1.54) is 12.1 Å². The van der Waals surface area contributed by atoms with Crippen molar-refractivity contribution in [1.82, 2.24) is 4.57 Å². The lowest BCUT2D eigenvalue weighted by Crippen LogP contribution is -2.14. The number of fused-ring (bicyclic) bond motifs is 1. The maximum absolute atomic E-state index is 12.9. The molecule has 32 heavy (non-hydrogen) atoms. The number of carbonyl (C=O) groups is 2. The molecule has 2 heterocycles. The van der Waals surface area contributed by atoms with Gasteiger partial charge in [-0.25, -0.2) is 4.79 Å². The number of ketones is 1. The molecule has 0 amide bonds. The van der Waals surface area contributed by atoms with Crippen molar-refractivity contribution in [3.8, 4) is 17.2 Å². The molecule has 0 fully saturated rings. The van der Waals surface area contributed by atoms with Gasteiger partial charge in [-0.3, -0.25) is 4.79 Å². The predicted molar refractivity (Wildman–Crippen MR) is 119 cm³/mol. The fourth-order valence-electron chi connectivity index (χ4n) is 3.59. The molecule has 0 saturated heterocycles. The molecule has 2 aromatic carbocycles. The first kappa shape index (κ1) is 22.0. The minimum absolute atomic E-state index is 0.0241. The Morgan fingerprint density at radius 2 is 1.75 bits per heavy atom. The van der Waals surface area contributed by atoms with Gasteiger partial charge < -0.3 is 23.9 Å². The van der Waals surface area contributed by atoms with E-state index in [0.29, 0.717) is 17.9 Å². The lowest BCUT2D eigenvalue weighted by Gasteiger charge is -2.12. The second-order valence-corrected chi connectivity index (χ2v) is 8.16. The molecule has 4 rings (SSSR count). The van der Waals surface area contributed by atoms with Crippen LogP contribution in [0.5, 0.6) is 17.2 Å². The van der Waals surface area contributed by atoms with Crippen molar-refractivity contribution in [2.45, 2.75) is 20.4 Å². The average molecular weight is 476 g/mol. The highest BCUT2D eigenvalue weighted by Crippen LogP contribution is 2.35. The van der Waals surface area contributed by atoms with E-state index in [9.17, 15) is 9.59 Å². The third kappa shape index (κ3) is 4.26. The van der Waals surface area contributed by atoms with Gasteiger partial charge in [-0.05, 0) is 49.7 Å². The Balaban J connectivity index is 1.50. The molecule has 0 bridgehead atoms. The Kier molecular flexibility index (Phi) is 6.04. The van der Waals surface area contributed by atoms with Crippen LogP contribution in [-0.2, 0) is 6.54 Å². The second-order valence-electron chi connectivity index (χ2n) is 7.34. The first-order chi connectivity index (χ1) is 15.2. The number of ether oxygens (including phenoxy) is 3. The summed E-state index contributed by atoms with van der Waals surface area (Å²) in [5, 5.41) is 9.12. The number of hydrogen-bond acceptors (Lipinski definition) is 5. The van der Waals surface area contributed by atoms with Crippen LogP contribution in [0.15, 0.2) is 36.4 Å². The number of hydrogen-bond donors (Lipinski definition) is 1. The van der Waals surface area contributed by atoms with E-state index in [-0.39, 0.29) is 40.5 Å². The summed E-state index contributed by atoms with van der Waals surface area (Å²) < 4.78 is 18.4. The Morgan fingerprint density at radius 1 is 1.06 bits per heavy atom. The van der Waals surface area contributed by atoms with Gasteiger partial charge in [0, 0.05) is 23.5 Å². The van der Waals surface area contributed by atoms with E-state index >= 15 is 0 Å². The zero-order valence-corrected chi connectivity index (χ0v) is 18.8. The van der Waals surface area contributed by atoms with Gasteiger partial charge in [0.15, 0.2) is 23.9 Å². The number of carboxylic acids is 1. The molecule has 1 aliphatic rings. The molecule has 0 saturated carbocycles. The van der Waals surface area contributed by atoms with Gasteiger partial charge in [0.2, 0.25) is 12.6 Å². The Morgan fingerprint density at radius 3 is 2.44 bits per heavy atom. The van der Waals surface area contributed by atoms with Crippen molar-refractivity contribution in [2.75, 3.05) is 13.4 Å². The molecule has 166 valence electrons.